The second-order valence-corrected chi connectivity index (χ2v) is 8.71. The largest absolute Gasteiger partial charge is 0.292 e. The number of imide groups is 1. The van der Waals surface area contributed by atoms with Crippen LogP contribution in [0.2, 0.25) is 5.02 Å². The van der Waals surface area contributed by atoms with E-state index >= 15 is 0 Å². The van der Waals surface area contributed by atoms with E-state index in [2.05, 4.69) is 6.92 Å². The monoisotopic (exact) mass is 438 g/mol. The molecule has 7 heteroatoms. The van der Waals surface area contributed by atoms with Gasteiger partial charge in [-0.2, -0.15) is 5.01 Å². The highest BCUT2D eigenvalue weighted by molar-refractivity contribution is 6.30. The molecule has 0 aromatic heterocycles. The Morgan fingerprint density at radius 3 is 2.26 bits per heavy atom. The van der Waals surface area contributed by atoms with Crippen LogP contribution in [0, 0.1) is 17.8 Å². The van der Waals surface area contributed by atoms with Crippen LogP contribution in [0.4, 0.5) is 0 Å². The SMILES string of the molecule is C[C@@H]1CC[C@H]2C(=O)N(N(CC(=O)c3ccccc3)C(=O)c3ccc(Cl)cc3)C(=O)[C@H]2C1. The summed E-state index contributed by atoms with van der Waals surface area (Å²) >= 11 is 5.93. The highest BCUT2D eigenvalue weighted by atomic mass is 35.5. The first-order valence-electron chi connectivity index (χ1n) is 10.4. The standard InChI is InChI=1S/C24H23ClN2O4/c1-15-7-12-19-20(13-15)24(31)27(23(19)30)26(14-21(28)16-5-3-2-4-6-16)22(29)17-8-10-18(25)11-9-17/h2-6,8-11,15,19-20H,7,12-14H2,1H3/t15-,19-,20+/m1/s1. The molecular formula is C24H23ClN2O4. The van der Waals surface area contributed by atoms with Crippen LogP contribution < -0.4 is 0 Å². The Morgan fingerprint density at radius 2 is 1.58 bits per heavy atom. The smallest absolute Gasteiger partial charge is 0.273 e. The van der Waals surface area contributed by atoms with Crippen LogP contribution in [0.5, 0.6) is 0 Å². The molecule has 3 amide bonds. The molecule has 4 rings (SSSR count). The molecule has 0 N–H and O–H groups in total. The molecule has 1 saturated carbocycles. The van der Waals surface area contributed by atoms with Crippen molar-refractivity contribution in [2.75, 3.05) is 6.54 Å². The predicted molar refractivity (Wildman–Crippen MR) is 115 cm³/mol. The topological polar surface area (TPSA) is 74.8 Å². The number of carbonyl (C=O) groups excluding carboxylic acids is 4. The maximum Gasteiger partial charge on any atom is 0.273 e. The van der Waals surface area contributed by atoms with Crippen LogP contribution >= 0.6 is 11.6 Å². The summed E-state index contributed by atoms with van der Waals surface area (Å²) in [5.74, 6) is -2.28. The molecule has 0 radical (unpaired) electrons. The van der Waals surface area contributed by atoms with Crippen LogP contribution in [0.3, 0.4) is 0 Å². The fourth-order valence-corrected chi connectivity index (χ4v) is 4.56. The lowest BCUT2D eigenvalue weighted by Gasteiger charge is -2.30. The van der Waals surface area contributed by atoms with Crippen molar-refractivity contribution >= 4 is 35.1 Å². The molecule has 160 valence electrons. The molecule has 2 aromatic rings. The fourth-order valence-electron chi connectivity index (χ4n) is 4.44. The summed E-state index contributed by atoms with van der Waals surface area (Å²) in [6, 6.07) is 14.7. The van der Waals surface area contributed by atoms with Gasteiger partial charge in [-0.25, -0.2) is 5.01 Å². The first-order valence-corrected chi connectivity index (χ1v) is 10.8. The molecular weight excluding hydrogens is 416 g/mol. The number of hydrazine groups is 1. The summed E-state index contributed by atoms with van der Waals surface area (Å²) in [5, 5.41) is 2.38. The fraction of sp³-hybridized carbons (Fsp3) is 0.333. The molecule has 3 atom stereocenters. The Labute approximate surface area is 185 Å². The van der Waals surface area contributed by atoms with Crippen LogP contribution in [0.15, 0.2) is 54.6 Å². The number of hydrogen-bond acceptors (Lipinski definition) is 4. The summed E-state index contributed by atoms with van der Waals surface area (Å²) < 4.78 is 0. The summed E-state index contributed by atoms with van der Waals surface area (Å²) in [6.45, 7) is 1.66. The molecule has 31 heavy (non-hydrogen) atoms. The Balaban J connectivity index is 1.68. The normalized spacial score (nSPS) is 22.9. The van der Waals surface area contributed by atoms with Crippen LogP contribution in [-0.4, -0.2) is 40.1 Å². The number of Topliss-reactive ketones (excluding diaryl/α,β-unsaturated/α-hetero) is 1. The van der Waals surface area contributed by atoms with Gasteiger partial charge in [0.1, 0.15) is 6.54 Å². The van der Waals surface area contributed by atoms with Gasteiger partial charge in [0.15, 0.2) is 5.78 Å². The van der Waals surface area contributed by atoms with E-state index in [9.17, 15) is 19.2 Å². The zero-order valence-electron chi connectivity index (χ0n) is 17.2. The maximum atomic E-state index is 13.4. The third kappa shape index (κ3) is 4.12. The minimum Gasteiger partial charge on any atom is -0.292 e. The van der Waals surface area contributed by atoms with Crippen molar-refractivity contribution in [3.05, 3.63) is 70.7 Å². The zero-order chi connectivity index (χ0) is 22.1. The molecule has 2 fully saturated rings. The average molecular weight is 439 g/mol. The third-order valence-electron chi connectivity index (χ3n) is 6.12. The number of carbonyl (C=O) groups is 4. The van der Waals surface area contributed by atoms with Gasteiger partial charge in [-0.15, -0.1) is 0 Å². The van der Waals surface area contributed by atoms with E-state index in [4.69, 9.17) is 11.6 Å². The molecule has 2 aromatic carbocycles. The lowest BCUT2D eigenvalue weighted by Crippen LogP contribution is -2.52. The van der Waals surface area contributed by atoms with Gasteiger partial charge in [0.25, 0.3) is 17.7 Å². The average Bonchev–Trinajstić information content (AvgIpc) is 3.02. The van der Waals surface area contributed by atoms with Crippen molar-refractivity contribution in [1.82, 2.24) is 10.0 Å². The van der Waals surface area contributed by atoms with Crippen molar-refractivity contribution in [2.24, 2.45) is 17.8 Å². The Bertz CT molecular complexity index is 1020. The van der Waals surface area contributed by atoms with Gasteiger partial charge in [-0.05, 0) is 49.4 Å². The van der Waals surface area contributed by atoms with Crippen LogP contribution in [-0.2, 0) is 9.59 Å². The molecule has 6 nitrogen and oxygen atoms in total. The minimum atomic E-state index is -0.589. The van der Waals surface area contributed by atoms with E-state index in [1.807, 2.05) is 0 Å². The van der Waals surface area contributed by atoms with E-state index in [-0.39, 0.29) is 11.3 Å². The van der Waals surface area contributed by atoms with Crippen molar-refractivity contribution in [1.29, 1.82) is 0 Å². The number of fused-ring (bicyclic) bond motifs is 1. The van der Waals surface area contributed by atoms with Gasteiger partial charge < -0.3 is 0 Å². The summed E-state index contributed by atoms with van der Waals surface area (Å²) in [6.07, 6.45) is 2.09. The van der Waals surface area contributed by atoms with Crippen molar-refractivity contribution < 1.29 is 19.2 Å². The van der Waals surface area contributed by atoms with E-state index in [1.54, 1.807) is 42.5 Å². The third-order valence-corrected chi connectivity index (χ3v) is 6.37. The Hall–Kier alpha value is -2.99. The van der Waals surface area contributed by atoms with Crippen molar-refractivity contribution in [3.8, 4) is 0 Å². The number of rotatable bonds is 5. The first kappa shape index (κ1) is 21.2. The summed E-state index contributed by atoms with van der Waals surface area (Å²) in [5.41, 5.74) is 0.649. The summed E-state index contributed by atoms with van der Waals surface area (Å²) in [4.78, 5) is 52.7. The molecule has 2 aliphatic rings. The maximum absolute atomic E-state index is 13.4. The van der Waals surface area contributed by atoms with Gasteiger partial charge in [0, 0.05) is 16.1 Å². The molecule has 1 aliphatic heterocycles. The molecule has 1 aliphatic carbocycles. The quantitative estimate of drug-likeness (QED) is 0.522. The highest BCUT2D eigenvalue weighted by Gasteiger charge is 2.52. The number of benzene rings is 2. The van der Waals surface area contributed by atoms with E-state index in [0.29, 0.717) is 29.3 Å². The number of ketones is 1. The number of amides is 3. The molecule has 0 unspecified atom stereocenters. The molecule has 1 saturated heterocycles. The van der Waals surface area contributed by atoms with Gasteiger partial charge in [-0.1, -0.05) is 48.9 Å². The van der Waals surface area contributed by atoms with Gasteiger partial charge in [0.2, 0.25) is 0 Å². The van der Waals surface area contributed by atoms with Crippen molar-refractivity contribution in [2.45, 2.75) is 26.2 Å². The first-order chi connectivity index (χ1) is 14.9. The lowest BCUT2D eigenvalue weighted by molar-refractivity contribution is -0.154. The van der Waals surface area contributed by atoms with E-state index in [1.165, 1.54) is 12.1 Å². The predicted octanol–water partition coefficient (Wildman–Crippen LogP) is 4.00. The van der Waals surface area contributed by atoms with Crippen LogP contribution in [0.25, 0.3) is 0 Å². The van der Waals surface area contributed by atoms with E-state index in [0.717, 1.165) is 16.4 Å². The number of nitrogens with zero attached hydrogens (tertiary/aromatic N) is 2. The lowest BCUT2D eigenvalue weighted by atomic mass is 9.76. The Morgan fingerprint density at radius 1 is 0.935 bits per heavy atom. The minimum absolute atomic E-state index is 0.245. The van der Waals surface area contributed by atoms with E-state index < -0.39 is 36.1 Å². The number of halogens is 1. The second-order valence-electron chi connectivity index (χ2n) is 8.28. The zero-order valence-corrected chi connectivity index (χ0v) is 17.9. The van der Waals surface area contributed by atoms with Crippen LogP contribution in [0.1, 0.15) is 46.9 Å². The highest BCUT2D eigenvalue weighted by Crippen LogP contribution is 2.41. The van der Waals surface area contributed by atoms with Gasteiger partial charge in [0.05, 0.1) is 11.8 Å². The number of hydrogen-bond donors (Lipinski definition) is 0. The summed E-state index contributed by atoms with van der Waals surface area (Å²) in [7, 11) is 0. The Kier molecular flexibility index (Phi) is 5.92. The molecule has 0 spiro atoms. The molecule has 1 heterocycles. The van der Waals surface area contributed by atoms with Crippen molar-refractivity contribution in [3.63, 3.8) is 0 Å². The van der Waals surface area contributed by atoms with Gasteiger partial charge >= 0.3 is 0 Å². The second kappa shape index (κ2) is 8.63. The molecule has 0 bridgehead atoms. The van der Waals surface area contributed by atoms with Gasteiger partial charge in [-0.3, -0.25) is 19.2 Å².